The summed E-state index contributed by atoms with van der Waals surface area (Å²) in [7, 11) is 0. The van der Waals surface area contributed by atoms with E-state index in [2.05, 4.69) is 34.5 Å². The van der Waals surface area contributed by atoms with Crippen molar-refractivity contribution in [3.8, 4) is 5.75 Å². The molecule has 120 valence electrons. The van der Waals surface area contributed by atoms with Gasteiger partial charge in [0.2, 0.25) is 0 Å². The average molecular weight is 300 g/mol. The fraction of sp³-hybridized carbons (Fsp3) is 0.684. The molecule has 1 aromatic rings. The van der Waals surface area contributed by atoms with E-state index in [1.54, 1.807) is 0 Å². The van der Waals surface area contributed by atoms with Crippen molar-refractivity contribution in [3.05, 3.63) is 29.8 Å². The molecule has 1 aliphatic carbocycles. The van der Waals surface area contributed by atoms with Gasteiger partial charge in [-0.3, -0.25) is 4.90 Å². The molecular formula is C19H28N2O. The number of piperidine rings is 1. The zero-order valence-corrected chi connectivity index (χ0v) is 13.5. The Balaban J connectivity index is 1.29. The van der Waals surface area contributed by atoms with E-state index in [1.165, 1.54) is 63.8 Å². The number of ether oxygens (including phenoxy) is 1. The third-order valence-electron chi connectivity index (χ3n) is 5.69. The zero-order chi connectivity index (χ0) is 14.8. The fourth-order valence-corrected chi connectivity index (χ4v) is 3.98. The Labute approximate surface area is 134 Å². The molecule has 22 heavy (non-hydrogen) atoms. The van der Waals surface area contributed by atoms with Crippen molar-refractivity contribution in [2.45, 2.75) is 38.6 Å². The van der Waals surface area contributed by atoms with Crippen LogP contribution in [0.3, 0.4) is 0 Å². The number of rotatable bonds is 5. The minimum atomic E-state index is 0.610. The highest BCUT2D eigenvalue weighted by molar-refractivity contribution is 5.27. The van der Waals surface area contributed by atoms with E-state index in [0.29, 0.717) is 5.41 Å². The van der Waals surface area contributed by atoms with Gasteiger partial charge in [-0.2, -0.15) is 0 Å². The lowest BCUT2D eigenvalue weighted by Gasteiger charge is -2.33. The van der Waals surface area contributed by atoms with E-state index in [0.717, 1.165) is 24.8 Å². The molecule has 2 aliphatic heterocycles. The maximum absolute atomic E-state index is 5.82. The lowest BCUT2D eigenvalue weighted by molar-refractivity contribution is 0.194. The molecule has 3 fully saturated rings. The quantitative estimate of drug-likeness (QED) is 0.904. The molecule has 0 unspecified atom stereocenters. The Morgan fingerprint density at radius 1 is 1.09 bits per heavy atom. The van der Waals surface area contributed by atoms with Crippen LogP contribution in [-0.2, 0) is 6.54 Å². The van der Waals surface area contributed by atoms with E-state index < -0.39 is 0 Å². The van der Waals surface area contributed by atoms with E-state index >= 15 is 0 Å². The summed E-state index contributed by atoms with van der Waals surface area (Å²) in [6.07, 6.45) is 6.81. The van der Waals surface area contributed by atoms with Crippen molar-refractivity contribution in [1.29, 1.82) is 0 Å². The van der Waals surface area contributed by atoms with E-state index in [9.17, 15) is 0 Å². The highest BCUT2D eigenvalue weighted by Gasteiger charge is 2.38. The summed E-state index contributed by atoms with van der Waals surface area (Å²) < 4.78 is 5.82. The molecule has 1 N–H and O–H groups in total. The van der Waals surface area contributed by atoms with Crippen LogP contribution in [0.5, 0.6) is 5.75 Å². The van der Waals surface area contributed by atoms with Gasteiger partial charge in [0.25, 0.3) is 0 Å². The first-order valence-corrected chi connectivity index (χ1v) is 8.96. The normalized spacial score (nSPS) is 24.7. The fourth-order valence-electron chi connectivity index (χ4n) is 3.98. The summed E-state index contributed by atoms with van der Waals surface area (Å²) in [4.78, 5) is 2.64. The molecule has 0 atom stereocenters. The van der Waals surface area contributed by atoms with Crippen LogP contribution in [-0.4, -0.2) is 37.7 Å². The summed E-state index contributed by atoms with van der Waals surface area (Å²) in [6, 6.07) is 8.79. The summed E-state index contributed by atoms with van der Waals surface area (Å²) in [5.74, 6) is 1.86. The van der Waals surface area contributed by atoms with Gasteiger partial charge in [0.05, 0.1) is 6.61 Å². The minimum absolute atomic E-state index is 0.610. The Kier molecular flexibility index (Phi) is 4.10. The average Bonchev–Trinajstić information content (AvgIpc) is 3.31. The van der Waals surface area contributed by atoms with Crippen molar-refractivity contribution in [2.75, 3.05) is 32.8 Å². The molecule has 2 heterocycles. The van der Waals surface area contributed by atoms with E-state index in [4.69, 9.17) is 4.74 Å². The summed E-state index contributed by atoms with van der Waals surface area (Å²) in [6.45, 7) is 6.97. The molecule has 3 heteroatoms. The third kappa shape index (κ3) is 3.47. The second-order valence-corrected chi connectivity index (χ2v) is 7.61. The van der Waals surface area contributed by atoms with Crippen LogP contribution in [0.25, 0.3) is 0 Å². The van der Waals surface area contributed by atoms with Crippen molar-refractivity contribution in [2.24, 2.45) is 11.3 Å². The van der Waals surface area contributed by atoms with Crippen LogP contribution in [0, 0.1) is 11.3 Å². The second-order valence-electron chi connectivity index (χ2n) is 7.61. The van der Waals surface area contributed by atoms with Gasteiger partial charge in [-0.25, -0.2) is 0 Å². The van der Waals surface area contributed by atoms with Gasteiger partial charge in [-0.1, -0.05) is 12.1 Å². The highest BCUT2D eigenvalue weighted by atomic mass is 16.5. The molecule has 3 nitrogen and oxygen atoms in total. The number of nitrogens with one attached hydrogen (secondary N) is 1. The van der Waals surface area contributed by atoms with Gasteiger partial charge in [0.1, 0.15) is 5.75 Å². The first kappa shape index (κ1) is 14.5. The SMILES string of the molecule is c1cc(OCC2CC2)ccc1CN1CCC2(CCNCC2)C1. The summed E-state index contributed by atoms with van der Waals surface area (Å²) >= 11 is 0. The van der Waals surface area contributed by atoms with Crippen molar-refractivity contribution in [3.63, 3.8) is 0 Å². The Morgan fingerprint density at radius 3 is 2.59 bits per heavy atom. The van der Waals surface area contributed by atoms with Crippen LogP contribution in [0.1, 0.15) is 37.7 Å². The van der Waals surface area contributed by atoms with Gasteiger partial charge < -0.3 is 10.1 Å². The second kappa shape index (κ2) is 6.21. The largest absolute Gasteiger partial charge is 0.493 e. The van der Waals surface area contributed by atoms with Gasteiger partial charge in [0.15, 0.2) is 0 Å². The number of hydrogen-bond acceptors (Lipinski definition) is 3. The van der Waals surface area contributed by atoms with Crippen LogP contribution >= 0.6 is 0 Å². The predicted molar refractivity (Wildman–Crippen MR) is 89.1 cm³/mol. The molecule has 0 aromatic heterocycles. The molecule has 0 amide bonds. The van der Waals surface area contributed by atoms with Crippen molar-refractivity contribution in [1.82, 2.24) is 10.2 Å². The molecule has 4 rings (SSSR count). The Morgan fingerprint density at radius 2 is 1.86 bits per heavy atom. The number of nitrogens with zero attached hydrogens (tertiary/aromatic N) is 1. The molecule has 1 spiro atoms. The number of benzene rings is 1. The first-order valence-electron chi connectivity index (χ1n) is 8.96. The monoisotopic (exact) mass is 300 g/mol. The maximum atomic E-state index is 5.82. The van der Waals surface area contributed by atoms with Crippen molar-refractivity contribution < 1.29 is 4.74 Å². The standard InChI is InChI=1S/C19H28N2O/c1-2-17(1)14-22-18-5-3-16(4-6-18)13-21-12-9-19(15-21)7-10-20-11-8-19/h3-6,17,20H,1-2,7-15H2. The van der Waals surface area contributed by atoms with E-state index in [1.807, 2.05) is 0 Å². The topological polar surface area (TPSA) is 24.5 Å². The molecule has 1 aromatic carbocycles. The van der Waals surface area contributed by atoms with Crippen LogP contribution in [0.4, 0.5) is 0 Å². The first-order chi connectivity index (χ1) is 10.8. The van der Waals surface area contributed by atoms with Crippen LogP contribution in [0.2, 0.25) is 0 Å². The van der Waals surface area contributed by atoms with Gasteiger partial charge >= 0.3 is 0 Å². The van der Waals surface area contributed by atoms with Crippen molar-refractivity contribution >= 4 is 0 Å². The van der Waals surface area contributed by atoms with Gasteiger partial charge in [0, 0.05) is 13.1 Å². The lowest BCUT2D eigenvalue weighted by atomic mass is 9.78. The zero-order valence-electron chi connectivity index (χ0n) is 13.5. The molecule has 3 aliphatic rings. The number of hydrogen-bond donors (Lipinski definition) is 1. The molecule has 0 radical (unpaired) electrons. The lowest BCUT2D eigenvalue weighted by Crippen LogP contribution is -2.38. The molecule has 2 saturated heterocycles. The Hall–Kier alpha value is -1.06. The Bertz CT molecular complexity index is 489. The molecular weight excluding hydrogens is 272 g/mol. The highest BCUT2D eigenvalue weighted by Crippen LogP contribution is 2.39. The third-order valence-corrected chi connectivity index (χ3v) is 5.69. The molecule has 1 saturated carbocycles. The predicted octanol–water partition coefficient (Wildman–Crippen LogP) is 3.05. The minimum Gasteiger partial charge on any atom is -0.493 e. The maximum Gasteiger partial charge on any atom is 0.119 e. The summed E-state index contributed by atoms with van der Waals surface area (Å²) in [5.41, 5.74) is 2.03. The number of likely N-dealkylation sites (tertiary alicyclic amines) is 1. The van der Waals surface area contributed by atoms with E-state index in [-0.39, 0.29) is 0 Å². The van der Waals surface area contributed by atoms with Gasteiger partial charge in [-0.05, 0) is 80.8 Å². The van der Waals surface area contributed by atoms with Gasteiger partial charge in [-0.15, -0.1) is 0 Å². The molecule has 0 bridgehead atoms. The van der Waals surface area contributed by atoms with Crippen LogP contribution in [0.15, 0.2) is 24.3 Å². The summed E-state index contributed by atoms with van der Waals surface area (Å²) in [5, 5.41) is 3.50. The van der Waals surface area contributed by atoms with Crippen LogP contribution < -0.4 is 10.1 Å². The smallest absolute Gasteiger partial charge is 0.119 e.